The van der Waals surface area contributed by atoms with Crippen LogP contribution >= 0.6 is 0 Å². The van der Waals surface area contributed by atoms with E-state index in [1.807, 2.05) is 32.0 Å². The summed E-state index contributed by atoms with van der Waals surface area (Å²) in [7, 11) is 1.64. The second-order valence-corrected chi connectivity index (χ2v) is 3.86. The topological polar surface area (TPSA) is 62.1 Å². The standard InChI is InChI=1S/C13H16N2O2/c1-9-7-12(17-3)10(2)6-11(9)8-15-13(16)4-5-14/h6-7H,4,8H2,1-3H3,(H,15,16). The van der Waals surface area contributed by atoms with E-state index in [4.69, 9.17) is 10.00 Å². The molecule has 0 heterocycles. The number of carbonyl (C=O) groups is 1. The summed E-state index contributed by atoms with van der Waals surface area (Å²) in [6.45, 7) is 4.36. The molecule has 90 valence electrons. The monoisotopic (exact) mass is 232 g/mol. The zero-order chi connectivity index (χ0) is 12.8. The highest BCUT2D eigenvalue weighted by Gasteiger charge is 2.06. The number of nitriles is 1. The number of methoxy groups -OCH3 is 1. The Bertz CT molecular complexity index is 461. The zero-order valence-corrected chi connectivity index (χ0v) is 10.3. The Morgan fingerprint density at radius 3 is 2.71 bits per heavy atom. The van der Waals surface area contributed by atoms with Crippen molar-refractivity contribution < 1.29 is 9.53 Å². The number of benzene rings is 1. The maximum absolute atomic E-state index is 11.2. The largest absolute Gasteiger partial charge is 0.496 e. The smallest absolute Gasteiger partial charge is 0.234 e. The van der Waals surface area contributed by atoms with E-state index in [0.717, 1.165) is 22.4 Å². The van der Waals surface area contributed by atoms with E-state index in [2.05, 4.69) is 5.32 Å². The molecule has 0 fully saturated rings. The van der Waals surface area contributed by atoms with Gasteiger partial charge in [-0.25, -0.2) is 0 Å². The second-order valence-electron chi connectivity index (χ2n) is 3.86. The van der Waals surface area contributed by atoms with E-state index in [9.17, 15) is 4.79 Å². The van der Waals surface area contributed by atoms with Gasteiger partial charge in [-0.05, 0) is 36.6 Å². The molecule has 0 spiro atoms. The zero-order valence-electron chi connectivity index (χ0n) is 10.3. The van der Waals surface area contributed by atoms with Gasteiger partial charge in [-0.15, -0.1) is 0 Å². The molecule has 17 heavy (non-hydrogen) atoms. The Kier molecular flexibility index (Phi) is 4.53. The van der Waals surface area contributed by atoms with E-state index in [1.54, 1.807) is 7.11 Å². The van der Waals surface area contributed by atoms with Crippen LogP contribution in [-0.4, -0.2) is 13.0 Å². The van der Waals surface area contributed by atoms with Crippen LogP contribution in [0.2, 0.25) is 0 Å². The number of aryl methyl sites for hydroxylation is 2. The van der Waals surface area contributed by atoms with Crippen molar-refractivity contribution in [3.8, 4) is 11.8 Å². The Balaban J connectivity index is 2.76. The maximum Gasteiger partial charge on any atom is 0.234 e. The van der Waals surface area contributed by atoms with Gasteiger partial charge < -0.3 is 10.1 Å². The lowest BCUT2D eigenvalue weighted by atomic mass is 10.0. The van der Waals surface area contributed by atoms with Gasteiger partial charge in [0.1, 0.15) is 12.2 Å². The van der Waals surface area contributed by atoms with Crippen LogP contribution in [-0.2, 0) is 11.3 Å². The summed E-state index contributed by atoms with van der Waals surface area (Å²) < 4.78 is 5.21. The number of carbonyl (C=O) groups excluding carboxylic acids is 1. The van der Waals surface area contributed by atoms with Gasteiger partial charge in [0.15, 0.2) is 0 Å². The second kappa shape index (κ2) is 5.90. The number of hydrogen-bond donors (Lipinski definition) is 1. The first kappa shape index (κ1) is 13.0. The molecule has 0 aromatic heterocycles. The van der Waals surface area contributed by atoms with Crippen molar-refractivity contribution in [3.63, 3.8) is 0 Å². The summed E-state index contributed by atoms with van der Waals surface area (Å²) in [5.41, 5.74) is 3.13. The molecule has 0 saturated carbocycles. The van der Waals surface area contributed by atoms with Crippen LogP contribution in [0.15, 0.2) is 12.1 Å². The third-order valence-electron chi connectivity index (χ3n) is 2.57. The number of amides is 1. The summed E-state index contributed by atoms with van der Waals surface area (Å²) in [6, 6.07) is 5.75. The minimum atomic E-state index is -0.250. The first-order valence-corrected chi connectivity index (χ1v) is 5.36. The molecular weight excluding hydrogens is 216 g/mol. The Labute approximate surface area is 101 Å². The van der Waals surface area contributed by atoms with E-state index < -0.39 is 0 Å². The number of nitrogens with zero attached hydrogens (tertiary/aromatic N) is 1. The van der Waals surface area contributed by atoms with Gasteiger partial charge in [0.25, 0.3) is 0 Å². The molecule has 0 saturated heterocycles. The van der Waals surface area contributed by atoms with Crippen LogP contribution in [0.5, 0.6) is 5.75 Å². The Morgan fingerprint density at radius 1 is 1.41 bits per heavy atom. The van der Waals surface area contributed by atoms with Crippen molar-refractivity contribution >= 4 is 5.91 Å². The molecule has 4 heteroatoms. The van der Waals surface area contributed by atoms with E-state index in [1.165, 1.54) is 0 Å². The fourth-order valence-corrected chi connectivity index (χ4v) is 1.59. The number of ether oxygens (including phenoxy) is 1. The van der Waals surface area contributed by atoms with Crippen LogP contribution in [0.1, 0.15) is 23.1 Å². The highest BCUT2D eigenvalue weighted by Crippen LogP contribution is 2.22. The predicted octanol–water partition coefficient (Wildman–Crippen LogP) is 1.84. The lowest BCUT2D eigenvalue weighted by Gasteiger charge is -2.11. The van der Waals surface area contributed by atoms with Gasteiger partial charge in [-0.2, -0.15) is 5.26 Å². The molecule has 1 N–H and O–H groups in total. The summed E-state index contributed by atoms with van der Waals surface area (Å²) in [6.07, 6.45) is -0.103. The van der Waals surface area contributed by atoms with Gasteiger partial charge in [-0.1, -0.05) is 6.07 Å². The quantitative estimate of drug-likeness (QED) is 0.861. The third-order valence-corrected chi connectivity index (χ3v) is 2.57. The lowest BCUT2D eigenvalue weighted by molar-refractivity contribution is -0.120. The fourth-order valence-electron chi connectivity index (χ4n) is 1.59. The molecule has 0 aliphatic carbocycles. The Morgan fingerprint density at radius 2 is 2.12 bits per heavy atom. The molecule has 0 unspecified atom stereocenters. The molecule has 1 rings (SSSR count). The molecule has 4 nitrogen and oxygen atoms in total. The summed E-state index contributed by atoms with van der Waals surface area (Å²) in [4.78, 5) is 11.2. The molecule has 1 aromatic carbocycles. The van der Waals surface area contributed by atoms with Crippen LogP contribution in [0.4, 0.5) is 0 Å². The van der Waals surface area contributed by atoms with Crippen molar-refractivity contribution in [1.82, 2.24) is 5.32 Å². The summed E-state index contributed by atoms with van der Waals surface area (Å²) in [5.74, 6) is 0.593. The van der Waals surface area contributed by atoms with Crippen LogP contribution in [0, 0.1) is 25.2 Å². The Hall–Kier alpha value is -2.02. The summed E-state index contributed by atoms with van der Waals surface area (Å²) >= 11 is 0. The molecule has 1 amide bonds. The van der Waals surface area contributed by atoms with Crippen LogP contribution in [0.25, 0.3) is 0 Å². The third kappa shape index (κ3) is 3.49. The molecule has 0 atom stereocenters. The highest BCUT2D eigenvalue weighted by molar-refractivity contribution is 5.77. The van der Waals surface area contributed by atoms with Crippen molar-refractivity contribution in [3.05, 3.63) is 28.8 Å². The molecule has 0 aliphatic rings. The molecule has 0 aliphatic heterocycles. The number of nitrogens with one attached hydrogen (secondary N) is 1. The van der Waals surface area contributed by atoms with Crippen molar-refractivity contribution in [2.24, 2.45) is 0 Å². The van der Waals surface area contributed by atoms with Gasteiger partial charge in [-0.3, -0.25) is 4.79 Å². The number of hydrogen-bond acceptors (Lipinski definition) is 3. The minimum Gasteiger partial charge on any atom is -0.496 e. The number of rotatable bonds is 4. The molecular formula is C13H16N2O2. The predicted molar refractivity (Wildman–Crippen MR) is 64.5 cm³/mol. The van der Waals surface area contributed by atoms with E-state index in [0.29, 0.717) is 6.54 Å². The van der Waals surface area contributed by atoms with Crippen molar-refractivity contribution in [1.29, 1.82) is 5.26 Å². The van der Waals surface area contributed by atoms with Gasteiger partial charge in [0.2, 0.25) is 5.91 Å². The molecule has 1 aromatic rings. The van der Waals surface area contributed by atoms with Crippen molar-refractivity contribution in [2.45, 2.75) is 26.8 Å². The van der Waals surface area contributed by atoms with E-state index in [-0.39, 0.29) is 12.3 Å². The lowest BCUT2D eigenvalue weighted by Crippen LogP contribution is -2.22. The van der Waals surface area contributed by atoms with Gasteiger partial charge >= 0.3 is 0 Å². The van der Waals surface area contributed by atoms with Gasteiger partial charge in [0.05, 0.1) is 13.2 Å². The summed E-state index contributed by atoms with van der Waals surface area (Å²) in [5, 5.41) is 11.1. The minimum absolute atomic E-state index is 0.103. The average molecular weight is 232 g/mol. The maximum atomic E-state index is 11.2. The van der Waals surface area contributed by atoms with Crippen molar-refractivity contribution in [2.75, 3.05) is 7.11 Å². The van der Waals surface area contributed by atoms with Crippen LogP contribution in [0.3, 0.4) is 0 Å². The van der Waals surface area contributed by atoms with Crippen LogP contribution < -0.4 is 10.1 Å². The van der Waals surface area contributed by atoms with Gasteiger partial charge in [0, 0.05) is 6.54 Å². The van der Waals surface area contributed by atoms with E-state index >= 15 is 0 Å². The molecule has 0 bridgehead atoms. The molecule has 0 radical (unpaired) electrons. The SMILES string of the molecule is COc1cc(C)c(CNC(=O)CC#N)cc1C. The first-order chi connectivity index (χ1) is 8.08. The fraction of sp³-hybridized carbons (Fsp3) is 0.385. The first-order valence-electron chi connectivity index (χ1n) is 5.36. The highest BCUT2D eigenvalue weighted by atomic mass is 16.5. The average Bonchev–Trinajstić information content (AvgIpc) is 2.30. The normalized spacial score (nSPS) is 9.53.